The van der Waals surface area contributed by atoms with Crippen molar-refractivity contribution in [2.45, 2.75) is 32.4 Å². The van der Waals surface area contributed by atoms with Crippen LogP contribution < -0.4 is 10.1 Å². The summed E-state index contributed by atoms with van der Waals surface area (Å²) in [5.41, 5.74) is 2.40. The summed E-state index contributed by atoms with van der Waals surface area (Å²) < 4.78 is 10.7. The van der Waals surface area contributed by atoms with Gasteiger partial charge in [0.1, 0.15) is 18.6 Å². The van der Waals surface area contributed by atoms with Crippen LogP contribution in [0.3, 0.4) is 0 Å². The van der Waals surface area contributed by atoms with Gasteiger partial charge in [0.2, 0.25) is 5.91 Å². The number of thiazole rings is 1. The molecule has 1 aliphatic heterocycles. The number of hydrogen-bond acceptors (Lipinski definition) is 6. The van der Waals surface area contributed by atoms with Crippen molar-refractivity contribution in [2.75, 3.05) is 13.1 Å². The van der Waals surface area contributed by atoms with Gasteiger partial charge in [-0.2, -0.15) is 0 Å². The third-order valence-electron chi connectivity index (χ3n) is 5.26. The van der Waals surface area contributed by atoms with E-state index in [1.54, 1.807) is 28.4 Å². The second kappa shape index (κ2) is 10.3. The highest BCUT2D eigenvalue weighted by atomic mass is 32.1. The molecular weight excluding hydrogens is 426 g/mol. The molecule has 0 aliphatic carbocycles. The molecule has 0 spiro atoms. The number of aryl methyl sites for hydroxylation is 1. The fourth-order valence-corrected chi connectivity index (χ4v) is 4.12. The highest BCUT2D eigenvalue weighted by Gasteiger charge is 2.24. The lowest BCUT2D eigenvalue weighted by molar-refractivity contribution is -0.117. The molecule has 2 amide bonds. The maximum absolute atomic E-state index is 12.3. The van der Waals surface area contributed by atoms with E-state index in [-0.39, 0.29) is 17.9 Å². The lowest BCUT2D eigenvalue weighted by Crippen LogP contribution is -2.46. The minimum atomic E-state index is -0.135. The Kier molecular flexibility index (Phi) is 7.01. The molecule has 166 valence electrons. The van der Waals surface area contributed by atoms with Crippen molar-refractivity contribution in [3.63, 3.8) is 0 Å². The standard InChI is InChI=1S/C24H25N3O4S/c1-17-25-21(16-32-17)15-31-22-5-2-18(3-6-22)4-7-23(28)26-20-8-11-27(12-9-20)24(29)19-10-13-30-14-19/h2-7,10,13-14,16,20H,8-9,11-12,15H2,1H3,(H,26,28)/b7-4+. The number of furan rings is 1. The zero-order valence-electron chi connectivity index (χ0n) is 17.8. The number of nitrogens with zero attached hydrogens (tertiary/aromatic N) is 2. The molecule has 0 radical (unpaired) electrons. The van der Waals surface area contributed by atoms with Crippen LogP contribution >= 0.6 is 11.3 Å². The number of nitrogens with one attached hydrogen (secondary N) is 1. The fraction of sp³-hybridized carbons (Fsp3) is 0.292. The number of amides is 2. The lowest BCUT2D eigenvalue weighted by atomic mass is 10.0. The SMILES string of the molecule is Cc1nc(COc2ccc(/C=C/C(=O)NC3CCN(C(=O)c4ccoc4)CC3)cc2)cs1. The molecule has 0 saturated carbocycles. The Balaban J connectivity index is 1.20. The average molecular weight is 452 g/mol. The highest BCUT2D eigenvalue weighted by Crippen LogP contribution is 2.17. The van der Waals surface area contributed by atoms with Crippen molar-refractivity contribution in [3.8, 4) is 5.75 Å². The largest absolute Gasteiger partial charge is 0.487 e. The second-order valence-electron chi connectivity index (χ2n) is 7.64. The Labute approximate surface area is 190 Å². The Hall–Kier alpha value is -3.39. The monoisotopic (exact) mass is 451 g/mol. The molecule has 1 fully saturated rings. The molecule has 3 heterocycles. The number of benzene rings is 1. The van der Waals surface area contributed by atoms with Gasteiger partial charge in [-0.15, -0.1) is 11.3 Å². The van der Waals surface area contributed by atoms with E-state index < -0.39 is 0 Å². The molecule has 32 heavy (non-hydrogen) atoms. The smallest absolute Gasteiger partial charge is 0.257 e. The van der Waals surface area contributed by atoms with Crippen molar-refractivity contribution in [1.29, 1.82) is 0 Å². The van der Waals surface area contributed by atoms with Gasteiger partial charge in [-0.1, -0.05) is 12.1 Å². The van der Waals surface area contributed by atoms with Gasteiger partial charge in [-0.3, -0.25) is 9.59 Å². The van der Waals surface area contributed by atoms with E-state index in [9.17, 15) is 9.59 Å². The normalized spacial score (nSPS) is 14.6. The molecule has 4 rings (SSSR count). The van der Waals surface area contributed by atoms with Gasteiger partial charge >= 0.3 is 0 Å². The summed E-state index contributed by atoms with van der Waals surface area (Å²) in [6.45, 7) is 3.63. The topological polar surface area (TPSA) is 84.7 Å². The minimum absolute atomic E-state index is 0.0300. The van der Waals surface area contributed by atoms with E-state index in [2.05, 4.69) is 10.3 Å². The minimum Gasteiger partial charge on any atom is -0.487 e. The summed E-state index contributed by atoms with van der Waals surface area (Å²) >= 11 is 1.61. The predicted octanol–water partition coefficient (Wildman–Crippen LogP) is 4.06. The third-order valence-corrected chi connectivity index (χ3v) is 6.08. The zero-order chi connectivity index (χ0) is 22.3. The number of hydrogen-bond donors (Lipinski definition) is 1. The number of piperidine rings is 1. The number of rotatable bonds is 7. The van der Waals surface area contributed by atoms with Crippen LogP contribution in [-0.2, 0) is 11.4 Å². The van der Waals surface area contributed by atoms with Gasteiger partial charge in [-0.25, -0.2) is 4.98 Å². The Morgan fingerprint density at radius 3 is 2.69 bits per heavy atom. The summed E-state index contributed by atoms with van der Waals surface area (Å²) in [7, 11) is 0. The lowest BCUT2D eigenvalue weighted by Gasteiger charge is -2.32. The van der Waals surface area contributed by atoms with Crippen molar-refractivity contribution in [3.05, 3.63) is 76.1 Å². The van der Waals surface area contributed by atoms with Crippen molar-refractivity contribution < 1.29 is 18.7 Å². The van der Waals surface area contributed by atoms with E-state index in [0.717, 1.165) is 34.9 Å². The molecule has 0 bridgehead atoms. The molecule has 1 aromatic carbocycles. The zero-order valence-corrected chi connectivity index (χ0v) is 18.6. The highest BCUT2D eigenvalue weighted by molar-refractivity contribution is 7.09. The van der Waals surface area contributed by atoms with Crippen LogP contribution in [0.5, 0.6) is 5.75 Å². The summed E-state index contributed by atoms with van der Waals surface area (Å²) in [6, 6.07) is 9.30. The molecule has 7 nitrogen and oxygen atoms in total. The molecule has 1 N–H and O–H groups in total. The van der Waals surface area contributed by atoms with Gasteiger partial charge < -0.3 is 19.4 Å². The van der Waals surface area contributed by atoms with E-state index in [1.807, 2.05) is 36.6 Å². The fourth-order valence-electron chi connectivity index (χ4n) is 3.52. The number of carbonyl (C=O) groups excluding carboxylic acids is 2. The molecular formula is C24H25N3O4S. The summed E-state index contributed by atoms with van der Waals surface area (Å²) in [5, 5.41) is 6.04. The Morgan fingerprint density at radius 1 is 1.25 bits per heavy atom. The number of carbonyl (C=O) groups is 2. The van der Waals surface area contributed by atoms with Crippen molar-refractivity contribution in [2.24, 2.45) is 0 Å². The second-order valence-corrected chi connectivity index (χ2v) is 8.70. The van der Waals surface area contributed by atoms with E-state index in [4.69, 9.17) is 9.15 Å². The summed E-state index contributed by atoms with van der Waals surface area (Å²) in [5.74, 6) is 0.593. The van der Waals surface area contributed by atoms with Gasteiger partial charge in [0.25, 0.3) is 5.91 Å². The first-order valence-corrected chi connectivity index (χ1v) is 11.4. The Bertz CT molecular complexity index is 1070. The van der Waals surface area contributed by atoms with Crippen LogP contribution in [-0.4, -0.2) is 40.8 Å². The summed E-state index contributed by atoms with van der Waals surface area (Å²) in [4.78, 5) is 30.8. The van der Waals surface area contributed by atoms with Crippen molar-refractivity contribution in [1.82, 2.24) is 15.2 Å². The molecule has 0 atom stereocenters. The van der Waals surface area contributed by atoms with E-state index in [1.165, 1.54) is 18.6 Å². The first-order valence-electron chi connectivity index (χ1n) is 10.5. The molecule has 0 unspecified atom stereocenters. The maximum Gasteiger partial charge on any atom is 0.257 e. The van der Waals surface area contributed by atoms with Crippen LogP contribution in [0, 0.1) is 6.92 Å². The maximum atomic E-state index is 12.3. The van der Waals surface area contributed by atoms with Gasteiger partial charge in [0, 0.05) is 30.6 Å². The molecule has 1 aliphatic rings. The first kappa shape index (κ1) is 21.8. The van der Waals surface area contributed by atoms with Crippen LogP contribution in [0.2, 0.25) is 0 Å². The van der Waals surface area contributed by atoms with E-state index in [0.29, 0.717) is 25.3 Å². The van der Waals surface area contributed by atoms with Crippen molar-refractivity contribution >= 4 is 29.2 Å². The van der Waals surface area contributed by atoms with Gasteiger partial charge in [0.15, 0.2) is 0 Å². The molecule has 8 heteroatoms. The average Bonchev–Trinajstić information content (AvgIpc) is 3.49. The van der Waals surface area contributed by atoms with Crippen LogP contribution in [0.15, 0.2) is 58.7 Å². The number of likely N-dealkylation sites (tertiary alicyclic amines) is 1. The molecule has 2 aromatic heterocycles. The number of ether oxygens (including phenoxy) is 1. The van der Waals surface area contributed by atoms with Gasteiger partial charge in [0.05, 0.1) is 22.5 Å². The predicted molar refractivity (Wildman–Crippen MR) is 122 cm³/mol. The van der Waals surface area contributed by atoms with Gasteiger partial charge in [-0.05, 0) is 49.6 Å². The first-order chi connectivity index (χ1) is 15.6. The molecule has 1 saturated heterocycles. The van der Waals surface area contributed by atoms with Crippen LogP contribution in [0.1, 0.15) is 39.5 Å². The van der Waals surface area contributed by atoms with E-state index >= 15 is 0 Å². The quantitative estimate of drug-likeness (QED) is 0.548. The number of aromatic nitrogens is 1. The summed E-state index contributed by atoms with van der Waals surface area (Å²) in [6.07, 6.45) is 7.73. The Morgan fingerprint density at radius 2 is 2.03 bits per heavy atom. The third kappa shape index (κ3) is 5.85. The van der Waals surface area contributed by atoms with Crippen LogP contribution in [0.25, 0.3) is 6.08 Å². The van der Waals surface area contributed by atoms with Crippen LogP contribution in [0.4, 0.5) is 0 Å². The molecule has 3 aromatic rings.